The lowest BCUT2D eigenvalue weighted by molar-refractivity contribution is 0.00682. The number of benzene rings is 1. The maximum atomic E-state index is 11.6. The molecule has 0 bridgehead atoms. The number of carbonyl (C=O) groups is 3. The SMILES string of the molecule is CN1C(=O)c2ccc(C(=O)OCO)cc2C1=O. The first-order valence-corrected chi connectivity index (χ1v) is 4.80. The summed E-state index contributed by atoms with van der Waals surface area (Å²) in [5.41, 5.74) is 0.553. The van der Waals surface area contributed by atoms with Gasteiger partial charge in [0.25, 0.3) is 11.8 Å². The third-order valence-electron chi connectivity index (χ3n) is 2.52. The highest BCUT2D eigenvalue weighted by atomic mass is 16.6. The summed E-state index contributed by atoms with van der Waals surface area (Å²) in [7, 11) is 1.37. The van der Waals surface area contributed by atoms with E-state index >= 15 is 0 Å². The molecule has 88 valence electrons. The normalized spacial score (nSPS) is 13.9. The first kappa shape index (κ1) is 11.3. The first-order valence-electron chi connectivity index (χ1n) is 4.80. The Bertz CT molecular complexity index is 523. The van der Waals surface area contributed by atoms with E-state index in [-0.39, 0.29) is 16.7 Å². The molecule has 0 fully saturated rings. The quantitative estimate of drug-likeness (QED) is 0.443. The van der Waals surface area contributed by atoms with Crippen LogP contribution in [0.1, 0.15) is 31.1 Å². The van der Waals surface area contributed by atoms with Crippen LogP contribution in [0.15, 0.2) is 18.2 Å². The summed E-state index contributed by atoms with van der Waals surface area (Å²) in [6.07, 6.45) is 0. The number of esters is 1. The third-order valence-corrected chi connectivity index (χ3v) is 2.52. The molecular weight excluding hydrogens is 226 g/mol. The number of hydrogen-bond acceptors (Lipinski definition) is 5. The van der Waals surface area contributed by atoms with Crippen LogP contribution in [-0.2, 0) is 4.74 Å². The maximum Gasteiger partial charge on any atom is 0.340 e. The summed E-state index contributed by atoms with van der Waals surface area (Å²) in [6.45, 7) is -0.733. The van der Waals surface area contributed by atoms with Gasteiger partial charge in [0.2, 0.25) is 0 Å². The lowest BCUT2D eigenvalue weighted by Crippen LogP contribution is -2.24. The molecule has 0 aromatic heterocycles. The number of fused-ring (bicyclic) bond motifs is 1. The van der Waals surface area contributed by atoms with Gasteiger partial charge in [-0.05, 0) is 18.2 Å². The van der Waals surface area contributed by atoms with Gasteiger partial charge in [-0.25, -0.2) is 4.79 Å². The maximum absolute atomic E-state index is 11.6. The fourth-order valence-corrected chi connectivity index (χ4v) is 1.63. The van der Waals surface area contributed by atoms with Gasteiger partial charge in [0.05, 0.1) is 16.7 Å². The number of aliphatic hydroxyl groups excluding tert-OH is 1. The molecule has 17 heavy (non-hydrogen) atoms. The van der Waals surface area contributed by atoms with Gasteiger partial charge in [0.15, 0.2) is 6.79 Å². The van der Waals surface area contributed by atoms with Gasteiger partial charge in [-0.15, -0.1) is 0 Å². The van der Waals surface area contributed by atoms with Crippen molar-refractivity contribution in [2.75, 3.05) is 13.8 Å². The van der Waals surface area contributed by atoms with Crippen molar-refractivity contribution in [2.45, 2.75) is 0 Å². The molecule has 0 saturated carbocycles. The number of amides is 2. The topological polar surface area (TPSA) is 83.9 Å². The van der Waals surface area contributed by atoms with E-state index < -0.39 is 24.6 Å². The van der Waals surface area contributed by atoms with Crippen molar-refractivity contribution in [2.24, 2.45) is 0 Å². The molecule has 1 aromatic rings. The van der Waals surface area contributed by atoms with Crippen LogP contribution < -0.4 is 0 Å². The Labute approximate surface area is 96.4 Å². The van der Waals surface area contributed by atoms with Gasteiger partial charge >= 0.3 is 5.97 Å². The molecule has 1 aliphatic rings. The van der Waals surface area contributed by atoms with Crippen LogP contribution >= 0.6 is 0 Å². The van der Waals surface area contributed by atoms with Crippen molar-refractivity contribution >= 4 is 17.8 Å². The van der Waals surface area contributed by atoms with E-state index in [0.29, 0.717) is 0 Å². The van der Waals surface area contributed by atoms with Crippen LogP contribution in [0.25, 0.3) is 0 Å². The Kier molecular flexibility index (Phi) is 2.64. The van der Waals surface area contributed by atoms with E-state index in [4.69, 9.17) is 5.11 Å². The minimum Gasteiger partial charge on any atom is -0.435 e. The van der Waals surface area contributed by atoms with E-state index in [0.717, 1.165) is 4.90 Å². The van der Waals surface area contributed by atoms with E-state index in [2.05, 4.69) is 4.74 Å². The van der Waals surface area contributed by atoms with Crippen LogP contribution in [0.2, 0.25) is 0 Å². The van der Waals surface area contributed by atoms with E-state index in [9.17, 15) is 14.4 Å². The zero-order valence-electron chi connectivity index (χ0n) is 8.97. The van der Waals surface area contributed by atoms with Crippen molar-refractivity contribution in [1.82, 2.24) is 4.90 Å². The summed E-state index contributed by atoms with van der Waals surface area (Å²) in [5.74, 6) is -1.60. The second kappa shape index (κ2) is 3.99. The monoisotopic (exact) mass is 235 g/mol. The molecular formula is C11H9NO5. The lowest BCUT2D eigenvalue weighted by atomic mass is 10.1. The number of hydrogen-bond donors (Lipinski definition) is 1. The second-order valence-corrected chi connectivity index (χ2v) is 3.49. The summed E-state index contributed by atoms with van der Waals surface area (Å²) in [4.78, 5) is 35.5. The van der Waals surface area contributed by atoms with Crippen LogP contribution in [0.5, 0.6) is 0 Å². The van der Waals surface area contributed by atoms with Gasteiger partial charge in [0, 0.05) is 7.05 Å². The number of nitrogens with zero attached hydrogens (tertiary/aromatic N) is 1. The zero-order chi connectivity index (χ0) is 12.6. The van der Waals surface area contributed by atoms with Gasteiger partial charge in [-0.2, -0.15) is 0 Å². The van der Waals surface area contributed by atoms with Gasteiger partial charge < -0.3 is 9.84 Å². The Balaban J connectivity index is 2.43. The van der Waals surface area contributed by atoms with Crippen molar-refractivity contribution in [3.05, 3.63) is 34.9 Å². The summed E-state index contributed by atoms with van der Waals surface area (Å²) >= 11 is 0. The van der Waals surface area contributed by atoms with Crippen LogP contribution in [0, 0.1) is 0 Å². The first-order chi connectivity index (χ1) is 8.06. The highest BCUT2D eigenvalue weighted by Crippen LogP contribution is 2.22. The van der Waals surface area contributed by atoms with E-state index in [1.165, 1.54) is 25.2 Å². The molecule has 0 unspecified atom stereocenters. The average molecular weight is 235 g/mol. The molecule has 0 atom stereocenters. The van der Waals surface area contributed by atoms with Crippen molar-refractivity contribution < 1.29 is 24.2 Å². The summed E-state index contributed by atoms with van der Waals surface area (Å²) < 4.78 is 4.38. The molecule has 2 rings (SSSR count). The molecule has 1 aromatic carbocycles. The third kappa shape index (κ3) is 1.68. The van der Waals surface area contributed by atoms with E-state index in [1.54, 1.807) is 0 Å². The molecule has 1 aliphatic heterocycles. The molecule has 6 heteroatoms. The van der Waals surface area contributed by atoms with Crippen LogP contribution in [-0.4, -0.2) is 41.6 Å². The highest BCUT2D eigenvalue weighted by Gasteiger charge is 2.33. The smallest absolute Gasteiger partial charge is 0.340 e. The van der Waals surface area contributed by atoms with Crippen LogP contribution in [0.4, 0.5) is 0 Å². The fraction of sp³-hybridized carbons (Fsp3) is 0.182. The summed E-state index contributed by atoms with van der Waals surface area (Å²) in [6, 6.07) is 4.06. The highest BCUT2D eigenvalue weighted by molar-refractivity contribution is 6.21. The Morgan fingerprint density at radius 1 is 1.29 bits per heavy atom. The zero-order valence-corrected chi connectivity index (χ0v) is 8.97. The number of aliphatic hydroxyl groups is 1. The fourth-order valence-electron chi connectivity index (χ4n) is 1.63. The lowest BCUT2D eigenvalue weighted by Gasteiger charge is -2.02. The minimum atomic E-state index is -0.745. The molecule has 1 heterocycles. The molecule has 6 nitrogen and oxygen atoms in total. The van der Waals surface area contributed by atoms with Gasteiger partial charge in [-0.3, -0.25) is 14.5 Å². The standard InChI is InChI=1S/C11H9NO5/c1-12-9(14)7-3-2-6(11(16)17-5-13)4-8(7)10(12)15/h2-4,13H,5H2,1H3. The Hall–Kier alpha value is -2.21. The second-order valence-electron chi connectivity index (χ2n) is 3.49. The van der Waals surface area contributed by atoms with Gasteiger partial charge in [-0.1, -0.05) is 0 Å². The van der Waals surface area contributed by atoms with Crippen molar-refractivity contribution in [3.8, 4) is 0 Å². The minimum absolute atomic E-state index is 0.120. The molecule has 1 N–H and O–H groups in total. The van der Waals surface area contributed by atoms with E-state index in [1.807, 2.05) is 0 Å². The Morgan fingerprint density at radius 3 is 2.59 bits per heavy atom. The number of rotatable bonds is 2. The predicted octanol–water partition coefficient (Wildman–Crippen LogP) is 0.0190. The number of imide groups is 1. The summed E-state index contributed by atoms with van der Waals surface area (Å²) in [5, 5.41) is 8.46. The molecule has 0 saturated heterocycles. The average Bonchev–Trinajstić information content (AvgIpc) is 2.55. The predicted molar refractivity (Wildman–Crippen MR) is 55.4 cm³/mol. The van der Waals surface area contributed by atoms with Crippen molar-refractivity contribution in [3.63, 3.8) is 0 Å². The van der Waals surface area contributed by atoms with Crippen molar-refractivity contribution in [1.29, 1.82) is 0 Å². The molecule has 0 spiro atoms. The van der Waals surface area contributed by atoms with Crippen LogP contribution in [0.3, 0.4) is 0 Å². The largest absolute Gasteiger partial charge is 0.435 e. The Morgan fingerprint density at radius 2 is 1.94 bits per heavy atom. The number of ether oxygens (including phenoxy) is 1. The number of carbonyl (C=O) groups excluding carboxylic acids is 3. The van der Waals surface area contributed by atoms with Gasteiger partial charge in [0.1, 0.15) is 0 Å². The molecule has 0 aliphatic carbocycles. The molecule has 2 amide bonds. The molecule has 0 radical (unpaired) electrons.